The fourth-order valence-electron chi connectivity index (χ4n) is 4.32. The van der Waals surface area contributed by atoms with Gasteiger partial charge in [0.2, 0.25) is 0 Å². The lowest BCUT2D eigenvalue weighted by atomic mass is 10.0. The van der Waals surface area contributed by atoms with Crippen molar-refractivity contribution in [1.29, 1.82) is 0 Å². The number of hydrogen-bond donors (Lipinski definition) is 1. The number of rotatable bonds is 4. The first-order chi connectivity index (χ1) is 13.7. The van der Waals surface area contributed by atoms with E-state index in [1.54, 1.807) is 0 Å². The third kappa shape index (κ3) is 4.45. The van der Waals surface area contributed by atoms with Gasteiger partial charge >= 0.3 is 6.03 Å². The van der Waals surface area contributed by atoms with Gasteiger partial charge in [0.15, 0.2) is 0 Å². The third-order valence-corrected chi connectivity index (χ3v) is 5.94. The molecular formula is C22H30N4O2. The van der Waals surface area contributed by atoms with Crippen molar-refractivity contribution < 1.29 is 9.53 Å². The van der Waals surface area contributed by atoms with Gasteiger partial charge in [0.1, 0.15) is 0 Å². The normalized spacial score (nSPS) is 21.8. The molecule has 2 saturated heterocycles. The maximum atomic E-state index is 12.6. The fourth-order valence-corrected chi connectivity index (χ4v) is 4.32. The molecule has 1 N–H and O–H groups in total. The van der Waals surface area contributed by atoms with Crippen LogP contribution in [0.3, 0.4) is 0 Å². The van der Waals surface area contributed by atoms with Crippen molar-refractivity contribution >= 4 is 16.9 Å². The summed E-state index contributed by atoms with van der Waals surface area (Å²) in [5.74, 6) is 0. The minimum atomic E-state index is 0.0416. The Labute approximate surface area is 166 Å². The molecule has 4 rings (SSSR count). The zero-order valence-corrected chi connectivity index (χ0v) is 16.6. The lowest BCUT2D eigenvalue weighted by Crippen LogP contribution is -2.59. The minimum Gasteiger partial charge on any atom is -0.381 e. The summed E-state index contributed by atoms with van der Waals surface area (Å²) >= 11 is 0. The molecule has 0 spiro atoms. The predicted molar refractivity (Wildman–Crippen MR) is 110 cm³/mol. The van der Waals surface area contributed by atoms with Crippen LogP contribution >= 0.6 is 0 Å². The number of hydrogen-bond acceptors (Lipinski definition) is 4. The Hall–Kier alpha value is -2.18. The Kier molecular flexibility index (Phi) is 6.07. The molecule has 1 aromatic heterocycles. The second-order valence-electron chi connectivity index (χ2n) is 7.86. The number of urea groups is 1. The van der Waals surface area contributed by atoms with Crippen LogP contribution < -0.4 is 5.32 Å². The number of nitrogens with zero attached hydrogens (tertiary/aromatic N) is 3. The highest BCUT2D eigenvalue weighted by atomic mass is 16.5. The van der Waals surface area contributed by atoms with Crippen molar-refractivity contribution in [2.45, 2.75) is 38.3 Å². The van der Waals surface area contributed by atoms with Gasteiger partial charge in [0.05, 0.1) is 5.52 Å². The zero-order valence-electron chi connectivity index (χ0n) is 16.6. The van der Waals surface area contributed by atoms with Crippen LogP contribution in [0.4, 0.5) is 4.79 Å². The van der Waals surface area contributed by atoms with Crippen molar-refractivity contribution in [3.63, 3.8) is 0 Å². The molecule has 0 aliphatic carbocycles. The Balaban J connectivity index is 1.25. The van der Waals surface area contributed by atoms with E-state index < -0.39 is 0 Å². The molecule has 1 aromatic carbocycles. The van der Waals surface area contributed by atoms with Crippen molar-refractivity contribution in [2.75, 3.05) is 39.4 Å². The lowest BCUT2D eigenvalue weighted by molar-refractivity contribution is 0.00704. The second-order valence-corrected chi connectivity index (χ2v) is 7.86. The van der Waals surface area contributed by atoms with Gasteiger partial charge in [0.25, 0.3) is 0 Å². The highest BCUT2D eigenvalue weighted by molar-refractivity contribution is 5.78. The number of aromatic nitrogens is 1. The molecule has 0 saturated carbocycles. The SMILES string of the molecule is C[C@H]1CN(C2CCOCC2)CCN1C(=O)NCCc1ccc2ccccc2n1. The van der Waals surface area contributed by atoms with Crippen molar-refractivity contribution in [3.8, 4) is 0 Å². The van der Waals surface area contributed by atoms with Gasteiger partial charge in [-0.25, -0.2) is 4.79 Å². The van der Waals surface area contributed by atoms with Gasteiger partial charge in [0, 0.05) is 69.0 Å². The highest BCUT2D eigenvalue weighted by Gasteiger charge is 2.31. The number of para-hydroxylation sites is 1. The number of benzene rings is 1. The largest absolute Gasteiger partial charge is 0.381 e. The van der Waals surface area contributed by atoms with Crippen molar-refractivity contribution in [2.24, 2.45) is 0 Å². The Morgan fingerprint density at radius 1 is 1.18 bits per heavy atom. The average molecular weight is 383 g/mol. The number of nitrogens with one attached hydrogen (secondary N) is 1. The van der Waals surface area contributed by atoms with Gasteiger partial charge < -0.3 is 15.0 Å². The van der Waals surface area contributed by atoms with Crippen molar-refractivity contribution in [3.05, 3.63) is 42.1 Å². The van der Waals surface area contributed by atoms with Gasteiger partial charge in [-0.1, -0.05) is 24.3 Å². The van der Waals surface area contributed by atoms with Crippen LogP contribution in [-0.2, 0) is 11.2 Å². The summed E-state index contributed by atoms with van der Waals surface area (Å²) in [5.41, 5.74) is 2.01. The van der Waals surface area contributed by atoms with E-state index in [9.17, 15) is 4.79 Å². The first-order valence-corrected chi connectivity index (χ1v) is 10.4. The van der Waals surface area contributed by atoms with Crippen LogP contribution in [0.5, 0.6) is 0 Å². The van der Waals surface area contributed by atoms with Crippen LogP contribution in [0.25, 0.3) is 10.9 Å². The smallest absolute Gasteiger partial charge is 0.317 e. The Bertz CT molecular complexity index is 806. The molecule has 0 bridgehead atoms. The maximum absolute atomic E-state index is 12.6. The van der Waals surface area contributed by atoms with Crippen LogP contribution in [0, 0.1) is 0 Å². The van der Waals surface area contributed by atoms with Gasteiger partial charge in [-0.2, -0.15) is 0 Å². The predicted octanol–water partition coefficient (Wildman–Crippen LogP) is 2.67. The number of fused-ring (bicyclic) bond motifs is 1. The molecule has 2 fully saturated rings. The van der Waals surface area contributed by atoms with Gasteiger partial charge in [-0.15, -0.1) is 0 Å². The zero-order chi connectivity index (χ0) is 19.3. The summed E-state index contributed by atoms with van der Waals surface area (Å²) in [4.78, 5) is 21.8. The van der Waals surface area contributed by atoms with Crippen LogP contribution in [-0.4, -0.2) is 72.3 Å². The average Bonchev–Trinajstić information content (AvgIpc) is 2.74. The molecule has 2 aliphatic heterocycles. The third-order valence-electron chi connectivity index (χ3n) is 5.94. The van der Waals surface area contributed by atoms with E-state index in [-0.39, 0.29) is 12.1 Å². The molecule has 0 radical (unpaired) electrons. The number of carbonyl (C=O) groups is 1. The van der Waals surface area contributed by atoms with Crippen LogP contribution in [0.15, 0.2) is 36.4 Å². The molecular weight excluding hydrogens is 352 g/mol. The van der Waals surface area contributed by atoms with Gasteiger partial charge in [-0.3, -0.25) is 9.88 Å². The molecule has 2 aromatic rings. The summed E-state index contributed by atoms with van der Waals surface area (Å²) in [6.07, 6.45) is 2.96. The number of ether oxygens (including phenoxy) is 1. The van der Waals surface area contributed by atoms with E-state index in [0.29, 0.717) is 12.6 Å². The quantitative estimate of drug-likeness (QED) is 0.883. The van der Waals surface area contributed by atoms with Crippen LogP contribution in [0.2, 0.25) is 0 Å². The van der Waals surface area contributed by atoms with E-state index >= 15 is 0 Å². The van der Waals surface area contributed by atoms with E-state index in [0.717, 1.165) is 68.7 Å². The summed E-state index contributed by atoms with van der Waals surface area (Å²) < 4.78 is 5.47. The molecule has 1 atom stereocenters. The maximum Gasteiger partial charge on any atom is 0.317 e. The number of piperazine rings is 1. The Morgan fingerprint density at radius 2 is 2.00 bits per heavy atom. The topological polar surface area (TPSA) is 57.7 Å². The molecule has 6 heteroatoms. The standard InChI is InChI=1S/C22H30N4O2/c1-17-16-25(20-9-14-28-15-10-20)12-13-26(17)22(27)23-11-8-19-7-6-18-4-2-3-5-21(18)24-19/h2-7,17,20H,8-16H2,1H3,(H,23,27)/t17-/m0/s1. The summed E-state index contributed by atoms with van der Waals surface area (Å²) in [6, 6.07) is 13.1. The molecule has 28 heavy (non-hydrogen) atoms. The first kappa shape index (κ1) is 19.2. The highest BCUT2D eigenvalue weighted by Crippen LogP contribution is 2.19. The fraction of sp³-hybridized carbons (Fsp3) is 0.545. The minimum absolute atomic E-state index is 0.0416. The van der Waals surface area contributed by atoms with Gasteiger partial charge in [-0.05, 0) is 31.9 Å². The molecule has 150 valence electrons. The lowest BCUT2D eigenvalue weighted by Gasteiger charge is -2.44. The Morgan fingerprint density at radius 3 is 2.82 bits per heavy atom. The second kappa shape index (κ2) is 8.88. The number of amides is 2. The van der Waals surface area contributed by atoms with Crippen LogP contribution in [0.1, 0.15) is 25.5 Å². The number of pyridine rings is 1. The van der Waals surface area contributed by atoms with E-state index in [4.69, 9.17) is 4.74 Å². The monoisotopic (exact) mass is 382 g/mol. The first-order valence-electron chi connectivity index (χ1n) is 10.4. The van der Waals surface area contributed by atoms with E-state index in [1.165, 1.54) is 0 Å². The van der Waals surface area contributed by atoms with E-state index in [1.807, 2.05) is 29.2 Å². The molecule has 6 nitrogen and oxygen atoms in total. The number of carbonyl (C=O) groups excluding carboxylic acids is 1. The summed E-state index contributed by atoms with van der Waals surface area (Å²) in [6.45, 7) is 7.18. The summed E-state index contributed by atoms with van der Waals surface area (Å²) in [7, 11) is 0. The molecule has 2 amide bonds. The van der Waals surface area contributed by atoms with Crippen molar-refractivity contribution in [1.82, 2.24) is 20.1 Å². The molecule has 2 aliphatic rings. The molecule has 3 heterocycles. The summed E-state index contributed by atoms with van der Waals surface area (Å²) in [5, 5.41) is 4.23. The van der Waals surface area contributed by atoms with E-state index in [2.05, 4.69) is 34.3 Å². The molecule has 0 unspecified atom stereocenters.